The lowest BCUT2D eigenvalue weighted by Crippen LogP contribution is -2.18. The lowest BCUT2D eigenvalue weighted by atomic mass is 10.1. The molecule has 0 atom stereocenters. The van der Waals surface area contributed by atoms with Crippen molar-refractivity contribution in [1.82, 2.24) is 0 Å². The Kier molecular flexibility index (Phi) is 3.85. The van der Waals surface area contributed by atoms with Gasteiger partial charge in [-0.05, 0) is 30.7 Å². The molecule has 2 rings (SSSR count). The Bertz CT molecular complexity index is 525. The van der Waals surface area contributed by atoms with Crippen molar-refractivity contribution in [2.75, 3.05) is 11.4 Å². The summed E-state index contributed by atoms with van der Waals surface area (Å²) in [7, 11) is 0. The Hall–Kier alpha value is -2.00. The van der Waals surface area contributed by atoms with E-state index in [1.54, 1.807) is 6.07 Å². The standard InChI is InChI=1S/C15H18N2O/c1-2-17(14-9-5-6-10-15(14)18)13-8-4-3-7-12(13)11-16/h3-10,18H,2,11,16H2,1H3. The molecule has 0 aliphatic carbocycles. The van der Waals surface area contributed by atoms with Gasteiger partial charge in [-0.15, -0.1) is 0 Å². The molecule has 18 heavy (non-hydrogen) atoms. The fraction of sp³-hybridized carbons (Fsp3) is 0.200. The van der Waals surface area contributed by atoms with E-state index in [1.807, 2.05) is 42.5 Å². The highest BCUT2D eigenvalue weighted by atomic mass is 16.3. The largest absolute Gasteiger partial charge is 0.506 e. The smallest absolute Gasteiger partial charge is 0.139 e. The van der Waals surface area contributed by atoms with E-state index in [0.29, 0.717) is 6.54 Å². The van der Waals surface area contributed by atoms with E-state index >= 15 is 0 Å². The third-order valence-electron chi connectivity index (χ3n) is 2.99. The fourth-order valence-electron chi connectivity index (χ4n) is 2.11. The van der Waals surface area contributed by atoms with E-state index in [4.69, 9.17) is 5.73 Å². The van der Waals surface area contributed by atoms with Crippen molar-refractivity contribution in [3.8, 4) is 5.75 Å². The van der Waals surface area contributed by atoms with Gasteiger partial charge in [-0.1, -0.05) is 30.3 Å². The highest BCUT2D eigenvalue weighted by Crippen LogP contribution is 2.34. The van der Waals surface area contributed by atoms with Crippen molar-refractivity contribution < 1.29 is 5.11 Å². The van der Waals surface area contributed by atoms with Gasteiger partial charge in [0, 0.05) is 18.8 Å². The molecule has 0 saturated carbocycles. The SMILES string of the molecule is CCN(c1ccccc1O)c1ccccc1CN. The monoisotopic (exact) mass is 242 g/mol. The van der Waals surface area contributed by atoms with Gasteiger partial charge in [0.05, 0.1) is 5.69 Å². The van der Waals surface area contributed by atoms with Crippen LogP contribution in [0.2, 0.25) is 0 Å². The van der Waals surface area contributed by atoms with Crippen LogP contribution in [-0.4, -0.2) is 11.7 Å². The molecule has 0 radical (unpaired) electrons. The summed E-state index contributed by atoms with van der Waals surface area (Å²) in [6, 6.07) is 15.3. The first-order valence-corrected chi connectivity index (χ1v) is 6.11. The number of rotatable bonds is 4. The van der Waals surface area contributed by atoms with Crippen molar-refractivity contribution in [1.29, 1.82) is 0 Å². The van der Waals surface area contributed by atoms with Gasteiger partial charge < -0.3 is 15.7 Å². The molecule has 0 fully saturated rings. The number of phenolic OH excluding ortho intramolecular Hbond substituents is 1. The van der Waals surface area contributed by atoms with Gasteiger partial charge in [0.1, 0.15) is 5.75 Å². The third-order valence-corrected chi connectivity index (χ3v) is 2.99. The molecular formula is C15H18N2O. The predicted molar refractivity (Wildman–Crippen MR) is 75.1 cm³/mol. The molecule has 0 aliphatic rings. The van der Waals surface area contributed by atoms with Gasteiger partial charge in [0.2, 0.25) is 0 Å². The second-order valence-corrected chi connectivity index (χ2v) is 4.07. The molecule has 2 aromatic carbocycles. The zero-order valence-corrected chi connectivity index (χ0v) is 10.5. The van der Waals surface area contributed by atoms with E-state index in [-0.39, 0.29) is 5.75 Å². The molecule has 2 aromatic rings. The quantitative estimate of drug-likeness (QED) is 0.866. The molecule has 0 aliphatic heterocycles. The Labute approximate surface area is 107 Å². The maximum atomic E-state index is 9.96. The molecule has 0 bridgehead atoms. The van der Waals surface area contributed by atoms with Crippen LogP contribution in [0.15, 0.2) is 48.5 Å². The Morgan fingerprint density at radius 2 is 1.61 bits per heavy atom. The lowest BCUT2D eigenvalue weighted by molar-refractivity contribution is 0.475. The number of benzene rings is 2. The lowest BCUT2D eigenvalue weighted by Gasteiger charge is -2.26. The molecule has 0 unspecified atom stereocenters. The molecule has 0 amide bonds. The van der Waals surface area contributed by atoms with Crippen molar-refractivity contribution in [3.63, 3.8) is 0 Å². The number of nitrogens with zero attached hydrogens (tertiary/aromatic N) is 1. The minimum atomic E-state index is 0.283. The number of aromatic hydroxyl groups is 1. The summed E-state index contributed by atoms with van der Waals surface area (Å²) in [4.78, 5) is 2.07. The van der Waals surface area contributed by atoms with Crippen LogP contribution < -0.4 is 10.6 Å². The molecule has 3 N–H and O–H groups in total. The summed E-state index contributed by atoms with van der Waals surface area (Å²) >= 11 is 0. The van der Waals surface area contributed by atoms with Crippen LogP contribution in [0.25, 0.3) is 0 Å². The number of nitrogens with two attached hydrogens (primary N) is 1. The van der Waals surface area contributed by atoms with Crippen LogP contribution in [0, 0.1) is 0 Å². The van der Waals surface area contributed by atoms with Gasteiger partial charge in [0.25, 0.3) is 0 Å². The van der Waals surface area contributed by atoms with E-state index in [1.165, 1.54) is 0 Å². The predicted octanol–water partition coefficient (Wildman–Crippen LogP) is 3.01. The number of phenols is 1. The first kappa shape index (κ1) is 12.5. The molecule has 94 valence electrons. The van der Waals surface area contributed by atoms with E-state index in [2.05, 4.69) is 11.8 Å². The van der Waals surface area contributed by atoms with Gasteiger partial charge in [0.15, 0.2) is 0 Å². The van der Waals surface area contributed by atoms with Gasteiger partial charge in [-0.3, -0.25) is 0 Å². The maximum Gasteiger partial charge on any atom is 0.139 e. The minimum absolute atomic E-state index is 0.283. The normalized spacial score (nSPS) is 10.3. The molecule has 3 heteroatoms. The highest BCUT2D eigenvalue weighted by molar-refractivity contribution is 5.70. The van der Waals surface area contributed by atoms with E-state index in [0.717, 1.165) is 23.5 Å². The number of hydrogen-bond acceptors (Lipinski definition) is 3. The van der Waals surface area contributed by atoms with Crippen molar-refractivity contribution in [2.45, 2.75) is 13.5 Å². The zero-order valence-electron chi connectivity index (χ0n) is 10.5. The Balaban J connectivity index is 2.49. The summed E-state index contributed by atoms with van der Waals surface area (Å²) in [5.74, 6) is 0.283. The van der Waals surface area contributed by atoms with E-state index in [9.17, 15) is 5.11 Å². The summed E-state index contributed by atoms with van der Waals surface area (Å²) in [6.07, 6.45) is 0. The molecule has 0 spiro atoms. The second-order valence-electron chi connectivity index (χ2n) is 4.07. The topological polar surface area (TPSA) is 49.5 Å². The third kappa shape index (κ3) is 2.31. The summed E-state index contributed by atoms with van der Waals surface area (Å²) in [5.41, 5.74) is 8.69. The highest BCUT2D eigenvalue weighted by Gasteiger charge is 2.13. The Morgan fingerprint density at radius 3 is 2.22 bits per heavy atom. The summed E-state index contributed by atoms with van der Waals surface area (Å²) in [5, 5.41) is 9.96. The van der Waals surface area contributed by atoms with Crippen LogP contribution in [0.5, 0.6) is 5.75 Å². The number of para-hydroxylation sites is 3. The van der Waals surface area contributed by atoms with Gasteiger partial charge in [-0.25, -0.2) is 0 Å². The molecule has 0 saturated heterocycles. The van der Waals surface area contributed by atoms with Crippen LogP contribution in [0.1, 0.15) is 12.5 Å². The molecule has 3 nitrogen and oxygen atoms in total. The average Bonchev–Trinajstić information content (AvgIpc) is 2.42. The van der Waals surface area contributed by atoms with Gasteiger partial charge in [-0.2, -0.15) is 0 Å². The van der Waals surface area contributed by atoms with Crippen molar-refractivity contribution >= 4 is 11.4 Å². The first-order chi connectivity index (χ1) is 8.77. The summed E-state index contributed by atoms with van der Waals surface area (Å²) < 4.78 is 0. The number of hydrogen-bond donors (Lipinski definition) is 2. The first-order valence-electron chi connectivity index (χ1n) is 6.11. The van der Waals surface area contributed by atoms with Crippen LogP contribution in [0.3, 0.4) is 0 Å². The second kappa shape index (κ2) is 5.56. The fourth-order valence-corrected chi connectivity index (χ4v) is 2.11. The van der Waals surface area contributed by atoms with Crippen LogP contribution in [0.4, 0.5) is 11.4 Å². The zero-order chi connectivity index (χ0) is 13.0. The van der Waals surface area contributed by atoms with Gasteiger partial charge >= 0.3 is 0 Å². The summed E-state index contributed by atoms with van der Waals surface area (Å²) in [6.45, 7) is 3.31. The van der Waals surface area contributed by atoms with Crippen LogP contribution >= 0.6 is 0 Å². The molecule has 0 heterocycles. The van der Waals surface area contributed by atoms with E-state index < -0.39 is 0 Å². The number of anilines is 2. The molecular weight excluding hydrogens is 224 g/mol. The average molecular weight is 242 g/mol. The molecule has 0 aromatic heterocycles. The minimum Gasteiger partial charge on any atom is -0.506 e. The Morgan fingerprint density at radius 1 is 1.00 bits per heavy atom. The van der Waals surface area contributed by atoms with Crippen molar-refractivity contribution in [2.24, 2.45) is 5.73 Å². The van der Waals surface area contributed by atoms with Crippen LogP contribution in [-0.2, 0) is 6.54 Å². The van der Waals surface area contributed by atoms with Crippen molar-refractivity contribution in [3.05, 3.63) is 54.1 Å². The maximum absolute atomic E-state index is 9.96.